The third kappa shape index (κ3) is 4.13. The number of hydrogen-bond acceptors (Lipinski definition) is 1. The quantitative estimate of drug-likeness (QED) is 0.661. The SMILES string of the molecule is C=CCc1ccc(N(C)C)cc1.CC. The maximum atomic E-state index is 3.70. The molecule has 0 aliphatic heterocycles. The van der Waals surface area contributed by atoms with Gasteiger partial charge in [0.05, 0.1) is 0 Å². The second-order valence-electron chi connectivity index (χ2n) is 3.05. The van der Waals surface area contributed by atoms with Crippen molar-refractivity contribution in [3.63, 3.8) is 0 Å². The first-order valence-electron chi connectivity index (χ1n) is 5.11. The van der Waals surface area contributed by atoms with Gasteiger partial charge in [-0.15, -0.1) is 6.58 Å². The summed E-state index contributed by atoms with van der Waals surface area (Å²) in [5, 5.41) is 0. The first-order valence-corrected chi connectivity index (χ1v) is 5.11. The van der Waals surface area contributed by atoms with Gasteiger partial charge in [0, 0.05) is 19.8 Å². The maximum absolute atomic E-state index is 3.70. The van der Waals surface area contributed by atoms with Crippen molar-refractivity contribution in [2.24, 2.45) is 0 Å². The molecule has 14 heavy (non-hydrogen) atoms. The Morgan fingerprint density at radius 2 is 1.64 bits per heavy atom. The first-order chi connectivity index (χ1) is 6.74. The smallest absolute Gasteiger partial charge is 0.0361 e. The van der Waals surface area contributed by atoms with E-state index in [0.29, 0.717) is 0 Å². The molecule has 78 valence electrons. The van der Waals surface area contributed by atoms with E-state index in [1.165, 1.54) is 11.3 Å². The van der Waals surface area contributed by atoms with E-state index < -0.39 is 0 Å². The van der Waals surface area contributed by atoms with Crippen LogP contribution in [0.3, 0.4) is 0 Å². The Bertz CT molecular complexity index is 246. The van der Waals surface area contributed by atoms with Crippen molar-refractivity contribution >= 4 is 5.69 Å². The second-order valence-corrected chi connectivity index (χ2v) is 3.05. The molecule has 0 aliphatic rings. The van der Waals surface area contributed by atoms with Crippen LogP contribution >= 0.6 is 0 Å². The molecule has 0 aliphatic carbocycles. The van der Waals surface area contributed by atoms with Crippen LogP contribution in [0.2, 0.25) is 0 Å². The topological polar surface area (TPSA) is 3.24 Å². The van der Waals surface area contributed by atoms with Crippen molar-refractivity contribution in [1.82, 2.24) is 0 Å². The molecule has 0 saturated carbocycles. The van der Waals surface area contributed by atoms with Crippen molar-refractivity contribution in [2.75, 3.05) is 19.0 Å². The minimum atomic E-state index is 0.952. The number of benzene rings is 1. The molecule has 0 heterocycles. The summed E-state index contributed by atoms with van der Waals surface area (Å²) in [6.07, 6.45) is 2.87. The third-order valence-corrected chi connectivity index (χ3v) is 1.83. The van der Waals surface area contributed by atoms with Crippen molar-refractivity contribution in [2.45, 2.75) is 20.3 Å². The lowest BCUT2D eigenvalue weighted by molar-refractivity contribution is 1.13. The van der Waals surface area contributed by atoms with Gasteiger partial charge < -0.3 is 4.90 Å². The highest BCUT2D eigenvalue weighted by molar-refractivity contribution is 5.46. The molecule has 1 rings (SSSR count). The average Bonchev–Trinajstić information content (AvgIpc) is 2.22. The van der Waals surface area contributed by atoms with Gasteiger partial charge in [-0.25, -0.2) is 0 Å². The highest BCUT2D eigenvalue weighted by atomic mass is 15.1. The number of rotatable bonds is 3. The summed E-state index contributed by atoms with van der Waals surface area (Å²) in [7, 11) is 4.09. The zero-order chi connectivity index (χ0) is 11.0. The summed E-state index contributed by atoms with van der Waals surface area (Å²) in [6.45, 7) is 7.70. The van der Waals surface area contributed by atoms with E-state index >= 15 is 0 Å². The van der Waals surface area contributed by atoms with E-state index in [2.05, 4.69) is 35.7 Å². The van der Waals surface area contributed by atoms with E-state index in [9.17, 15) is 0 Å². The summed E-state index contributed by atoms with van der Waals surface area (Å²) >= 11 is 0. The fraction of sp³-hybridized carbons (Fsp3) is 0.385. The Labute approximate surface area is 88.1 Å². The normalized spacial score (nSPS) is 8.57. The van der Waals surface area contributed by atoms with Crippen LogP contribution in [0, 0.1) is 0 Å². The molecule has 0 bridgehead atoms. The Hall–Kier alpha value is -1.24. The highest BCUT2D eigenvalue weighted by Crippen LogP contribution is 2.12. The van der Waals surface area contributed by atoms with Crippen LogP contribution in [0.1, 0.15) is 19.4 Å². The average molecular weight is 191 g/mol. The Balaban J connectivity index is 0.000000791. The van der Waals surface area contributed by atoms with E-state index in [1.54, 1.807) is 0 Å². The van der Waals surface area contributed by atoms with Crippen molar-refractivity contribution in [3.05, 3.63) is 42.5 Å². The predicted molar refractivity (Wildman–Crippen MR) is 66.0 cm³/mol. The lowest BCUT2D eigenvalue weighted by Gasteiger charge is -2.12. The van der Waals surface area contributed by atoms with Crippen LogP contribution < -0.4 is 4.90 Å². The molecule has 0 saturated heterocycles. The number of anilines is 1. The predicted octanol–water partition coefficient (Wildman–Crippen LogP) is 3.51. The Kier molecular flexibility index (Phi) is 6.55. The van der Waals surface area contributed by atoms with Crippen LogP contribution in [0.15, 0.2) is 36.9 Å². The molecule has 1 aromatic carbocycles. The fourth-order valence-electron chi connectivity index (χ4n) is 1.10. The van der Waals surface area contributed by atoms with E-state index in [1.807, 2.05) is 34.0 Å². The third-order valence-electron chi connectivity index (χ3n) is 1.83. The minimum Gasteiger partial charge on any atom is -0.378 e. The van der Waals surface area contributed by atoms with Crippen molar-refractivity contribution < 1.29 is 0 Å². The zero-order valence-electron chi connectivity index (χ0n) is 9.75. The molecule has 0 amide bonds. The van der Waals surface area contributed by atoms with Crippen LogP contribution in [0.4, 0.5) is 5.69 Å². The lowest BCUT2D eigenvalue weighted by Crippen LogP contribution is -2.08. The summed E-state index contributed by atoms with van der Waals surface area (Å²) in [6, 6.07) is 8.52. The van der Waals surface area contributed by atoms with Crippen LogP contribution in [-0.2, 0) is 6.42 Å². The summed E-state index contributed by atoms with van der Waals surface area (Å²) in [5.41, 5.74) is 2.55. The van der Waals surface area contributed by atoms with Gasteiger partial charge in [0.15, 0.2) is 0 Å². The van der Waals surface area contributed by atoms with Gasteiger partial charge in [-0.1, -0.05) is 32.1 Å². The molecular formula is C13H21N. The standard InChI is InChI=1S/C11H15N.C2H6/c1-4-5-10-6-8-11(9-7-10)12(2)3;1-2/h4,6-9H,1,5H2,2-3H3;1-2H3. The molecule has 0 fully saturated rings. The molecule has 0 spiro atoms. The van der Waals surface area contributed by atoms with Crippen LogP contribution in [-0.4, -0.2) is 14.1 Å². The Morgan fingerprint density at radius 3 is 2.00 bits per heavy atom. The van der Waals surface area contributed by atoms with Crippen molar-refractivity contribution in [1.29, 1.82) is 0 Å². The molecule has 0 radical (unpaired) electrons. The molecule has 0 unspecified atom stereocenters. The maximum Gasteiger partial charge on any atom is 0.0361 e. The van der Waals surface area contributed by atoms with Gasteiger partial charge in [0.1, 0.15) is 0 Å². The number of allylic oxidation sites excluding steroid dienone is 1. The number of hydrogen-bond donors (Lipinski definition) is 0. The molecular weight excluding hydrogens is 170 g/mol. The van der Waals surface area contributed by atoms with E-state index in [0.717, 1.165) is 6.42 Å². The Morgan fingerprint density at radius 1 is 1.14 bits per heavy atom. The van der Waals surface area contributed by atoms with Crippen LogP contribution in [0.25, 0.3) is 0 Å². The monoisotopic (exact) mass is 191 g/mol. The van der Waals surface area contributed by atoms with Gasteiger partial charge in [-0.3, -0.25) is 0 Å². The highest BCUT2D eigenvalue weighted by Gasteiger charge is 1.93. The van der Waals surface area contributed by atoms with E-state index in [-0.39, 0.29) is 0 Å². The van der Waals surface area contributed by atoms with Gasteiger partial charge in [0.2, 0.25) is 0 Å². The molecule has 0 N–H and O–H groups in total. The lowest BCUT2D eigenvalue weighted by atomic mass is 10.1. The van der Waals surface area contributed by atoms with Gasteiger partial charge in [-0.05, 0) is 24.1 Å². The molecule has 1 nitrogen and oxygen atoms in total. The minimum absolute atomic E-state index is 0.952. The zero-order valence-corrected chi connectivity index (χ0v) is 9.75. The molecule has 0 atom stereocenters. The number of nitrogens with zero attached hydrogens (tertiary/aromatic N) is 1. The summed E-state index contributed by atoms with van der Waals surface area (Å²) < 4.78 is 0. The first kappa shape index (κ1) is 12.8. The van der Waals surface area contributed by atoms with Gasteiger partial charge in [0.25, 0.3) is 0 Å². The van der Waals surface area contributed by atoms with Gasteiger partial charge in [-0.2, -0.15) is 0 Å². The van der Waals surface area contributed by atoms with Crippen LogP contribution in [0.5, 0.6) is 0 Å². The van der Waals surface area contributed by atoms with Gasteiger partial charge >= 0.3 is 0 Å². The molecule has 1 aromatic rings. The van der Waals surface area contributed by atoms with Crippen molar-refractivity contribution in [3.8, 4) is 0 Å². The van der Waals surface area contributed by atoms with E-state index in [4.69, 9.17) is 0 Å². The second kappa shape index (κ2) is 7.19. The summed E-state index contributed by atoms with van der Waals surface area (Å²) in [5.74, 6) is 0. The molecule has 1 heteroatoms. The summed E-state index contributed by atoms with van der Waals surface area (Å²) in [4.78, 5) is 2.09. The largest absolute Gasteiger partial charge is 0.378 e. The molecule has 0 aromatic heterocycles. The fourth-order valence-corrected chi connectivity index (χ4v) is 1.10.